The third kappa shape index (κ3) is 9.18. The van der Waals surface area contributed by atoms with Crippen molar-refractivity contribution in [3.63, 3.8) is 0 Å². The van der Waals surface area contributed by atoms with Crippen molar-refractivity contribution < 1.29 is 42.2 Å². The number of methoxy groups -OCH3 is 1. The first-order valence-electron chi connectivity index (χ1n) is 20.9. The lowest BCUT2D eigenvalue weighted by Gasteiger charge is -2.32. The first-order chi connectivity index (χ1) is 27.4. The highest BCUT2D eigenvalue weighted by atomic mass is 32.2. The second kappa shape index (κ2) is 17.2. The number of rotatable bonds is 17. The summed E-state index contributed by atoms with van der Waals surface area (Å²) in [4.78, 5) is 61.1. The molecule has 1 aromatic carbocycles. The number of aryl methyl sites for hydroxylation is 1. The maximum atomic E-state index is 14.3. The van der Waals surface area contributed by atoms with E-state index in [9.17, 15) is 32.7 Å². The number of amides is 4. The van der Waals surface area contributed by atoms with Crippen molar-refractivity contribution in [1.82, 2.24) is 25.2 Å². The van der Waals surface area contributed by atoms with Crippen LogP contribution in [-0.4, -0.2) is 89.9 Å². The van der Waals surface area contributed by atoms with Crippen LogP contribution in [0.5, 0.6) is 11.5 Å². The summed E-state index contributed by atoms with van der Waals surface area (Å²) in [6.45, 7) is 4.09. The van der Waals surface area contributed by atoms with E-state index in [1.165, 1.54) is 11.0 Å². The largest absolute Gasteiger partial charge is 0.506 e. The molecule has 0 spiro atoms. The van der Waals surface area contributed by atoms with Crippen LogP contribution in [0.1, 0.15) is 108 Å². The maximum absolute atomic E-state index is 14.3. The van der Waals surface area contributed by atoms with Gasteiger partial charge < -0.3 is 30.1 Å². The molecule has 6 atom stereocenters. The van der Waals surface area contributed by atoms with Gasteiger partial charge in [-0.25, -0.2) is 18.2 Å². The molecule has 14 nitrogen and oxygen atoms in total. The number of nitrogens with zero attached hydrogens (tertiary/aromatic N) is 2. The number of likely N-dealkylation sites (tertiary alicyclic amines) is 1. The summed E-state index contributed by atoms with van der Waals surface area (Å²) in [7, 11) is -2.22. The number of hydrogen-bond donors (Lipinski definition) is 4. The number of sulfonamides is 1. The van der Waals surface area contributed by atoms with Gasteiger partial charge in [-0.05, 0) is 120 Å². The molecule has 2 heterocycles. The highest BCUT2D eigenvalue weighted by Gasteiger charge is 2.61. The van der Waals surface area contributed by atoms with E-state index in [1.807, 2.05) is 18.2 Å². The molecule has 5 fully saturated rings. The summed E-state index contributed by atoms with van der Waals surface area (Å²) in [6.07, 6.45) is 13.3. The Bertz CT molecular complexity index is 1970. The Morgan fingerprint density at radius 1 is 1.02 bits per heavy atom. The third-order valence-corrected chi connectivity index (χ3v) is 14.7. The smallest absolute Gasteiger partial charge is 0.408 e. The molecule has 57 heavy (non-hydrogen) atoms. The predicted octanol–water partition coefficient (Wildman–Crippen LogP) is 5.17. The molecule has 2 aromatic rings. The number of nitrogens with one attached hydrogen (secondary N) is 3. The molecule has 7 rings (SSSR count). The SMILES string of the molecule is C=C[C@@H]1C[C@]1(NC(=O)[C@@H]1CCCN1C(=O)C(NC(=O)O[C@@H]1CCC[C@H]1CCCCCc1nc2ccc(OC)cc2cc1O)C1CCCC1)C(=O)NS(=O)(=O)C1CC1. The summed E-state index contributed by atoms with van der Waals surface area (Å²) in [5.41, 5.74) is 0.0524. The fourth-order valence-electron chi connectivity index (χ4n) is 9.33. The predicted molar refractivity (Wildman–Crippen MR) is 213 cm³/mol. The van der Waals surface area contributed by atoms with Crippen molar-refractivity contribution in [2.45, 2.75) is 138 Å². The maximum Gasteiger partial charge on any atom is 0.408 e. The Morgan fingerprint density at radius 3 is 2.53 bits per heavy atom. The van der Waals surface area contributed by atoms with Crippen LogP contribution in [0.15, 0.2) is 36.9 Å². The lowest BCUT2D eigenvalue weighted by atomic mass is 9.96. The van der Waals surface area contributed by atoms with Gasteiger partial charge in [0.25, 0.3) is 5.91 Å². The highest BCUT2D eigenvalue weighted by Crippen LogP contribution is 2.45. The number of ether oxygens (including phenoxy) is 2. The van der Waals surface area contributed by atoms with Gasteiger partial charge in [-0.1, -0.05) is 31.8 Å². The van der Waals surface area contributed by atoms with Gasteiger partial charge in [0.1, 0.15) is 35.2 Å². The van der Waals surface area contributed by atoms with Crippen LogP contribution in [-0.2, 0) is 35.6 Å². The molecule has 1 unspecified atom stereocenters. The van der Waals surface area contributed by atoms with Gasteiger partial charge in [-0.2, -0.15) is 0 Å². The van der Waals surface area contributed by atoms with Crippen LogP contribution < -0.4 is 20.1 Å². The number of benzene rings is 1. The van der Waals surface area contributed by atoms with E-state index in [-0.39, 0.29) is 36.0 Å². The van der Waals surface area contributed by atoms with Crippen molar-refractivity contribution in [2.24, 2.45) is 17.8 Å². The Kier molecular flexibility index (Phi) is 12.3. The quantitative estimate of drug-likeness (QED) is 0.123. The minimum absolute atomic E-state index is 0.0913. The summed E-state index contributed by atoms with van der Waals surface area (Å²) < 4.78 is 38.6. The fraction of sp³-hybridized carbons (Fsp3) is 0.643. The van der Waals surface area contributed by atoms with E-state index in [0.29, 0.717) is 50.1 Å². The number of carbonyl (C=O) groups excluding carboxylic acids is 4. The monoisotopic (exact) mass is 807 g/mol. The molecule has 1 aliphatic heterocycles. The summed E-state index contributed by atoms with van der Waals surface area (Å²) in [5.74, 6) is -1.04. The molecule has 15 heteroatoms. The molecule has 0 radical (unpaired) electrons. The fourth-order valence-corrected chi connectivity index (χ4v) is 10.7. The number of carbonyl (C=O) groups is 4. The van der Waals surface area contributed by atoms with Gasteiger partial charge in [0.05, 0.1) is 23.6 Å². The zero-order chi connectivity index (χ0) is 40.3. The number of aromatic hydroxyl groups is 1. The van der Waals surface area contributed by atoms with Crippen molar-refractivity contribution >= 4 is 44.7 Å². The molecule has 1 aromatic heterocycles. The van der Waals surface area contributed by atoms with Crippen LogP contribution in [0, 0.1) is 17.8 Å². The minimum atomic E-state index is -3.82. The van der Waals surface area contributed by atoms with Crippen LogP contribution in [0.4, 0.5) is 4.79 Å². The van der Waals surface area contributed by atoms with E-state index in [0.717, 1.165) is 81.5 Å². The molecular formula is C42H57N5O9S. The second-order valence-electron chi connectivity index (χ2n) is 16.8. The highest BCUT2D eigenvalue weighted by molar-refractivity contribution is 7.91. The van der Waals surface area contributed by atoms with Crippen LogP contribution in [0.2, 0.25) is 0 Å². The lowest BCUT2D eigenvalue weighted by molar-refractivity contribution is -0.142. The number of aromatic nitrogens is 1. The van der Waals surface area contributed by atoms with Gasteiger partial charge >= 0.3 is 6.09 Å². The lowest BCUT2D eigenvalue weighted by Crippen LogP contribution is -2.59. The number of hydrogen-bond acceptors (Lipinski definition) is 10. The van der Waals surface area contributed by atoms with E-state index >= 15 is 0 Å². The van der Waals surface area contributed by atoms with Gasteiger partial charge in [0.2, 0.25) is 21.8 Å². The Balaban J connectivity index is 0.915. The van der Waals surface area contributed by atoms with Gasteiger partial charge in [-0.3, -0.25) is 19.1 Å². The van der Waals surface area contributed by atoms with Crippen molar-refractivity contribution in [1.29, 1.82) is 0 Å². The summed E-state index contributed by atoms with van der Waals surface area (Å²) >= 11 is 0. The molecule has 4 aliphatic carbocycles. The molecule has 4 N–H and O–H groups in total. The van der Waals surface area contributed by atoms with E-state index in [1.54, 1.807) is 13.2 Å². The number of fused-ring (bicyclic) bond motifs is 1. The summed E-state index contributed by atoms with van der Waals surface area (Å²) in [6, 6.07) is 5.62. The normalized spacial score (nSPS) is 26.5. The molecular weight excluding hydrogens is 751 g/mol. The number of alkyl carbamates (subject to hydrolysis) is 1. The first-order valence-corrected chi connectivity index (χ1v) is 22.4. The van der Waals surface area contributed by atoms with Gasteiger partial charge in [0, 0.05) is 17.8 Å². The van der Waals surface area contributed by atoms with Crippen LogP contribution in [0.3, 0.4) is 0 Å². The zero-order valence-corrected chi connectivity index (χ0v) is 33.7. The summed E-state index contributed by atoms with van der Waals surface area (Å²) in [5, 5.41) is 16.6. The zero-order valence-electron chi connectivity index (χ0n) is 32.9. The molecule has 310 valence electrons. The average Bonchev–Trinajstić information content (AvgIpc) is 3.95. The first kappa shape index (κ1) is 40.8. The van der Waals surface area contributed by atoms with Crippen molar-refractivity contribution in [2.75, 3.05) is 13.7 Å². The molecule has 4 amide bonds. The third-order valence-electron chi connectivity index (χ3n) is 12.9. The minimum Gasteiger partial charge on any atom is -0.506 e. The Hall–Kier alpha value is -4.40. The molecule has 1 saturated heterocycles. The van der Waals surface area contributed by atoms with E-state index in [2.05, 4.69) is 26.9 Å². The van der Waals surface area contributed by atoms with Crippen molar-refractivity contribution in [3.05, 3.63) is 42.6 Å². The second-order valence-corrected chi connectivity index (χ2v) is 18.7. The number of unbranched alkanes of at least 4 members (excludes halogenated alkanes) is 2. The topological polar surface area (TPSA) is 193 Å². The number of pyridine rings is 1. The van der Waals surface area contributed by atoms with Gasteiger partial charge in [-0.15, -0.1) is 6.58 Å². The van der Waals surface area contributed by atoms with Crippen LogP contribution in [0.25, 0.3) is 10.9 Å². The van der Waals surface area contributed by atoms with E-state index < -0.39 is 56.7 Å². The van der Waals surface area contributed by atoms with Gasteiger partial charge in [0.15, 0.2) is 0 Å². The molecule has 4 saturated carbocycles. The van der Waals surface area contributed by atoms with Crippen molar-refractivity contribution in [3.8, 4) is 11.5 Å². The molecule has 5 aliphatic rings. The molecule has 0 bridgehead atoms. The van der Waals surface area contributed by atoms with Crippen LogP contribution >= 0.6 is 0 Å². The Labute approximate surface area is 334 Å². The standard InChI is InChI=1S/C42H57N5O9S/c1-3-29-25-42(29,40(51)46-57(53,54)31-19-20-31)45-38(49)34-16-10-22-47(34)39(50)37(27-12-7-8-13-27)44-41(52)56-36-17-9-14-26(36)11-5-4-6-15-33-35(48)24-28-23-30(55-2)18-21-32(28)43-33/h3,18,21,23-24,26-27,29,31,34,36-37,48H,1,4-17,19-20,22,25H2,2H3,(H,44,52)(H,45,49)(H,46,51)/t26-,29-,34+,36-,37?,42-/m1/s1. The Morgan fingerprint density at radius 2 is 1.81 bits per heavy atom. The average molecular weight is 808 g/mol. The van der Waals surface area contributed by atoms with E-state index in [4.69, 9.17) is 9.47 Å².